The first kappa shape index (κ1) is 13.8. The molecule has 6 nitrogen and oxygen atoms in total. The van der Waals surface area contributed by atoms with Crippen LogP contribution in [0.4, 0.5) is 14.9 Å². The van der Waals surface area contributed by atoms with Crippen molar-refractivity contribution in [3.8, 4) is 6.07 Å². The lowest BCUT2D eigenvalue weighted by Crippen LogP contribution is -2.40. The van der Waals surface area contributed by atoms with Gasteiger partial charge < -0.3 is 15.3 Å². The van der Waals surface area contributed by atoms with Crippen LogP contribution in [0.1, 0.15) is 18.4 Å². The van der Waals surface area contributed by atoms with E-state index in [0.29, 0.717) is 0 Å². The van der Waals surface area contributed by atoms with Gasteiger partial charge in [0.1, 0.15) is 18.4 Å². The third-order valence-corrected chi connectivity index (χ3v) is 2.90. The molecule has 2 N–H and O–H groups in total. The first-order chi connectivity index (χ1) is 9.51. The largest absolute Gasteiger partial charge is 0.480 e. The summed E-state index contributed by atoms with van der Waals surface area (Å²) in [5.41, 5.74) is 0.152. The van der Waals surface area contributed by atoms with Crippen molar-refractivity contribution in [1.29, 1.82) is 5.26 Å². The van der Waals surface area contributed by atoms with Crippen molar-refractivity contribution in [1.82, 2.24) is 4.90 Å². The van der Waals surface area contributed by atoms with Crippen molar-refractivity contribution < 1.29 is 19.1 Å². The molecule has 0 heterocycles. The van der Waals surface area contributed by atoms with Gasteiger partial charge in [0.05, 0.1) is 11.3 Å². The van der Waals surface area contributed by atoms with E-state index in [1.807, 2.05) is 0 Å². The fourth-order valence-electron chi connectivity index (χ4n) is 1.80. The van der Waals surface area contributed by atoms with Gasteiger partial charge in [-0.2, -0.15) is 5.26 Å². The van der Waals surface area contributed by atoms with E-state index in [1.54, 1.807) is 6.07 Å². The van der Waals surface area contributed by atoms with Gasteiger partial charge >= 0.3 is 12.0 Å². The molecule has 20 heavy (non-hydrogen) atoms. The molecular weight excluding hydrogens is 265 g/mol. The smallest absolute Gasteiger partial charge is 0.323 e. The second-order valence-corrected chi connectivity index (χ2v) is 4.48. The maximum atomic E-state index is 13.0. The van der Waals surface area contributed by atoms with Crippen LogP contribution >= 0.6 is 0 Å². The summed E-state index contributed by atoms with van der Waals surface area (Å²) >= 11 is 0. The summed E-state index contributed by atoms with van der Waals surface area (Å²) in [4.78, 5) is 24.0. The summed E-state index contributed by atoms with van der Waals surface area (Å²) in [7, 11) is 0. The Hall–Kier alpha value is -2.62. The first-order valence-corrected chi connectivity index (χ1v) is 6.00. The zero-order valence-electron chi connectivity index (χ0n) is 10.5. The molecule has 1 aliphatic rings. The van der Waals surface area contributed by atoms with Gasteiger partial charge in [-0.05, 0) is 31.0 Å². The number of nitriles is 1. The number of carbonyl (C=O) groups excluding carboxylic acids is 1. The highest BCUT2D eigenvalue weighted by Gasteiger charge is 2.34. The number of hydrogen-bond donors (Lipinski definition) is 2. The minimum Gasteiger partial charge on any atom is -0.480 e. The van der Waals surface area contributed by atoms with E-state index in [-0.39, 0.29) is 17.3 Å². The molecular formula is C13H12FN3O3. The van der Waals surface area contributed by atoms with Gasteiger partial charge in [0.25, 0.3) is 0 Å². The van der Waals surface area contributed by atoms with Crippen molar-refractivity contribution in [2.45, 2.75) is 18.9 Å². The van der Waals surface area contributed by atoms with Crippen molar-refractivity contribution in [3.63, 3.8) is 0 Å². The van der Waals surface area contributed by atoms with Crippen LogP contribution in [0.15, 0.2) is 18.2 Å². The third-order valence-electron chi connectivity index (χ3n) is 2.90. The normalized spacial score (nSPS) is 13.4. The molecule has 0 aromatic heterocycles. The predicted molar refractivity (Wildman–Crippen MR) is 67.5 cm³/mol. The number of nitrogens with zero attached hydrogens (tertiary/aromatic N) is 2. The highest BCUT2D eigenvalue weighted by atomic mass is 19.1. The van der Waals surface area contributed by atoms with Crippen molar-refractivity contribution in [2.24, 2.45) is 0 Å². The zero-order valence-corrected chi connectivity index (χ0v) is 10.5. The van der Waals surface area contributed by atoms with Crippen LogP contribution in [0.2, 0.25) is 0 Å². The Balaban J connectivity index is 2.14. The first-order valence-electron chi connectivity index (χ1n) is 6.00. The minimum atomic E-state index is -1.10. The zero-order chi connectivity index (χ0) is 14.7. The average molecular weight is 277 g/mol. The molecule has 1 aromatic rings. The number of hydrogen-bond acceptors (Lipinski definition) is 3. The molecule has 0 bridgehead atoms. The quantitative estimate of drug-likeness (QED) is 0.877. The van der Waals surface area contributed by atoms with Gasteiger partial charge in [-0.25, -0.2) is 9.18 Å². The molecule has 0 aliphatic heterocycles. The van der Waals surface area contributed by atoms with Gasteiger partial charge in [-0.1, -0.05) is 0 Å². The minimum absolute atomic E-state index is 0.00979. The molecule has 2 rings (SSSR count). The molecule has 0 saturated heterocycles. The van der Waals surface area contributed by atoms with Crippen molar-refractivity contribution in [2.75, 3.05) is 11.9 Å². The van der Waals surface area contributed by atoms with E-state index in [2.05, 4.69) is 5.32 Å². The molecule has 1 fully saturated rings. The molecule has 7 heteroatoms. The van der Waals surface area contributed by atoms with Gasteiger partial charge in [0.2, 0.25) is 0 Å². The van der Waals surface area contributed by atoms with Crippen LogP contribution in [0.25, 0.3) is 0 Å². The number of urea groups is 1. The number of nitrogens with one attached hydrogen (secondary N) is 1. The van der Waals surface area contributed by atoms with Crippen LogP contribution in [-0.4, -0.2) is 34.6 Å². The van der Waals surface area contributed by atoms with E-state index >= 15 is 0 Å². The molecule has 0 unspecified atom stereocenters. The van der Waals surface area contributed by atoms with E-state index in [0.717, 1.165) is 25.0 Å². The fraction of sp³-hybridized carbons (Fsp3) is 0.308. The summed E-state index contributed by atoms with van der Waals surface area (Å²) in [5.74, 6) is -1.68. The SMILES string of the molecule is N#Cc1cc(F)ccc1NC(=O)N(CC(=O)O)C1CC1. The monoisotopic (exact) mass is 277 g/mol. The summed E-state index contributed by atoms with van der Waals surface area (Å²) in [6, 6.07) is 4.50. The predicted octanol–water partition coefficient (Wildman–Crippen LogP) is 1.78. The number of carboxylic acid groups (broad SMARTS) is 1. The Morgan fingerprint density at radius 3 is 2.75 bits per heavy atom. The van der Waals surface area contributed by atoms with Crippen LogP contribution in [0.3, 0.4) is 0 Å². The summed E-state index contributed by atoms with van der Waals surface area (Å²) in [6.45, 7) is -0.403. The Labute approximate surface area is 114 Å². The molecule has 1 aliphatic carbocycles. The van der Waals surface area contributed by atoms with Gasteiger partial charge in [0.15, 0.2) is 0 Å². The fourth-order valence-corrected chi connectivity index (χ4v) is 1.80. The standard InChI is InChI=1S/C13H12FN3O3/c14-9-1-4-11(8(5-9)6-15)16-13(20)17(7-12(18)19)10-2-3-10/h1,4-5,10H,2-3,7H2,(H,16,20)(H,18,19). The van der Waals surface area contributed by atoms with Gasteiger partial charge in [-0.15, -0.1) is 0 Å². The Kier molecular flexibility index (Phi) is 3.84. The topological polar surface area (TPSA) is 93.4 Å². The van der Waals surface area contributed by atoms with Crippen LogP contribution in [0.5, 0.6) is 0 Å². The van der Waals surface area contributed by atoms with E-state index < -0.39 is 24.4 Å². The lowest BCUT2D eigenvalue weighted by molar-refractivity contribution is -0.137. The number of anilines is 1. The lowest BCUT2D eigenvalue weighted by atomic mass is 10.2. The van der Waals surface area contributed by atoms with Crippen LogP contribution in [0, 0.1) is 17.1 Å². The number of aliphatic carboxylic acids is 1. The number of carbonyl (C=O) groups is 2. The number of rotatable bonds is 4. The van der Waals surface area contributed by atoms with Gasteiger partial charge in [-0.3, -0.25) is 4.79 Å². The van der Waals surface area contributed by atoms with E-state index in [4.69, 9.17) is 10.4 Å². The molecule has 1 saturated carbocycles. The number of carboxylic acids is 1. The van der Waals surface area contributed by atoms with E-state index in [9.17, 15) is 14.0 Å². The summed E-state index contributed by atoms with van der Waals surface area (Å²) < 4.78 is 13.0. The molecule has 0 atom stereocenters. The van der Waals surface area contributed by atoms with Gasteiger partial charge in [0, 0.05) is 6.04 Å². The highest BCUT2D eigenvalue weighted by molar-refractivity contribution is 5.93. The maximum absolute atomic E-state index is 13.0. The summed E-state index contributed by atoms with van der Waals surface area (Å²) in [6.07, 6.45) is 1.52. The van der Waals surface area contributed by atoms with E-state index in [1.165, 1.54) is 11.0 Å². The third kappa shape index (κ3) is 3.23. The number of halogens is 1. The molecule has 2 amide bonds. The molecule has 0 radical (unpaired) electrons. The summed E-state index contributed by atoms with van der Waals surface area (Å²) in [5, 5.41) is 20.1. The lowest BCUT2D eigenvalue weighted by Gasteiger charge is -2.21. The number of benzene rings is 1. The Morgan fingerprint density at radius 1 is 1.50 bits per heavy atom. The van der Waals surface area contributed by atoms with Crippen molar-refractivity contribution >= 4 is 17.7 Å². The maximum Gasteiger partial charge on any atom is 0.323 e. The van der Waals surface area contributed by atoms with Crippen molar-refractivity contribution in [3.05, 3.63) is 29.6 Å². The second-order valence-electron chi connectivity index (χ2n) is 4.48. The average Bonchev–Trinajstić information content (AvgIpc) is 3.22. The molecule has 104 valence electrons. The molecule has 0 spiro atoms. The van der Waals surface area contributed by atoms with Crippen LogP contribution < -0.4 is 5.32 Å². The highest BCUT2D eigenvalue weighted by Crippen LogP contribution is 2.27. The second kappa shape index (κ2) is 5.57. The molecule has 1 aromatic carbocycles. The Morgan fingerprint density at radius 2 is 2.20 bits per heavy atom. The Bertz CT molecular complexity index is 593. The number of amides is 2. The van der Waals surface area contributed by atoms with Crippen LogP contribution in [-0.2, 0) is 4.79 Å².